The zero-order valence-corrected chi connectivity index (χ0v) is 16.0. The Morgan fingerprint density at radius 3 is 2.76 bits per heavy atom. The molecule has 3 aromatic rings. The maximum Gasteiger partial charge on any atom is 0.250 e. The largest absolute Gasteiger partial charge is 0.497 e. The minimum atomic E-state index is 0.0600. The van der Waals surface area contributed by atoms with Crippen LogP contribution in [0.4, 0.5) is 5.88 Å². The minimum Gasteiger partial charge on any atom is -0.497 e. The molecular weight excluding hydrogens is 368 g/mol. The number of pyridine rings is 1. The SMILES string of the molecule is COc1ccc(-c2nc(C#N)c(N3CC4CC(C3)c3cccc(=O)n3C4)o2)cc1. The van der Waals surface area contributed by atoms with Crippen molar-refractivity contribution >= 4 is 5.88 Å². The summed E-state index contributed by atoms with van der Waals surface area (Å²) in [7, 11) is 1.62. The van der Waals surface area contributed by atoms with Crippen molar-refractivity contribution in [3.8, 4) is 23.3 Å². The zero-order valence-electron chi connectivity index (χ0n) is 16.0. The van der Waals surface area contributed by atoms with Crippen LogP contribution in [0.25, 0.3) is 11.5 Å². The van der Waals surface area contributed by atoms with Gasteiger partial charge < -0.3 is 18.6 Å². The number of benzene rings is 1. The summed E-state index contributed by atoms with van der Waals surface area (Å²) in [5, 5.41) is 9.62. The van der Waals surface area contributed by atoms with Gasteiger partial charge in [-0.2, -0.15) is 10.2 Å². The van der Waals surface area contributed by atoms with Crippen LogP contribution in [-0.2, 0) is 6.54 Å². The molecule has 1 aromatic carbocycles. The molecule has 29 heavy (non-hydrogen) atoms. The number of piperidine rings is 1. The Bertz CT molecular complexity index is 1160. The summed E-state index contributed by atoms with van der Waals surface area (Å²) in [5.74, 6) is 2.25. The summed E-state index contributed by atoms with van der Waals surface area (Å²) >= 11 is 0. The molecule has 1 fully saturated rings. The molecule has 7 nitrogen and oxygen atoms in total. The van der Waals surface area contributed by atoms with Crippen LogP contribution in [0.5, 0.6) is 5.75 Å². The fraction of sp³-hybridized carbons (Fsp3) is 0.318. The van der Waals surface area contributed by atoms with Crippen molar-refractivity contribution in [1.29, 1.82) is 5.26 Å². The third-order valence-electron chi connectivity index (χ3n) is 5.82. The summed E-state index contributed by atoms with van der Waals surface area (Å²) < 4.78 is 13.2. The number of anilines is 1. The number of methoxy groups -OCH3 is 1. The molecule has 1 saturated heterocycles. The van der Waals surface area contributed by atoms with E-state index in [0.29, 0.717) is 36.5 Å². The van der Waals surface area contributed by atoms with Crippen molar-refractivity contribution in [2.45, 2.75) is 18.9 Å². The molecule has 2 aliphatic rings. The summed E-state index contributed by atoms with van der Waals surface area (Å²) in [6.45, 7) is 2.14. The van der Waals surface area contributed by atoms with E-state index < -0.39 is 0 Å². The van der Waals surface area contributed by atoms with Gasteiger partial charge in [-0.25, -0.2) is 0 Å². The van der Waals surface area contributed by atoms with Gasteiger partial charge in [0.25, 0.3) is 5.56 Å². The fourth-order valence-electron chi connectivity index (χ4n) is 4.52. The molecular formula is C22H20N4O3. The first-order valence-corrected chi connectivity index (χ1v) is 9.66. The van der Waals surface area contributed by atoms with Gasteiger partial charge in [-0.3, -0.25) is 4.79 Å². The van der Waals surface area contributed by atoms with Crippen LogP contribution >= 0.6 is 0 Å². The van der Waals surface area contributed by atoms with Crippen LogP contribution in [0, 0.1) is 17.2 Å². The lowest BCUT2D eigenvalue weighted by Crippen LogP contribution is -2.47. The van der Waals surface area contributed by atoms with Crippen LogP contribution in [0.2, 0.25) is 0 Å². The van der Waals surface area contributed by atoms with Crippen molar-refractivity contribution < 1.29 is 9.15 Å². The number of nitrogens with zero attached hydrogens (tertiary/aromatic N) is 4. The van der Waals surface area contributed by atoms with Crippen LogP contribution in [0.1, 0.15) is 23.7 Å². The number of nitriles is 1. The van der Waals surface area contributed by atoms with Crippen molar-refractivity contribution in [1.82, 2.24) is 9.55 Å². The molecule has 146 valence electrons. The number of hydrogen-bond acceptors (Lipinski definition) is 6. The molecule has 5 rings (SSSR count). The highest BCUT2D eigenvalue weighted by atomic mass is 16.5. The lowest BCUT2D eigenvalue weighted by molar-refractivity contribution is 0.275. The number of aromatic nitrogens is 2. The molecule has 0 amide bonds. The lowest BCUT2D eigenvalue weighted by Gasteiger charge is -2.42. The van der Waals surface area contributed by atoms with E-state index in [-0.39, 0.29) is 11.5 Å². The molecule has 2 aromatic heterocycles. The predicted molar refractivity (Wildman–Crippen MR) is 107 cm³/mol. The van der Waals surface area contributed by atoms with Crippen molar-refractivity contribution in [2.75, 3.05) is 25.1 Å². The molecule has 0 N–H and O–H groups in total. The Balaban J connectivity index is 1.48. The second kappa shape index (κ2) is 6.82. The average Bonchev–Trinajstić information content (AvgIpc) is 3.19. The first-order valence-electron chi connectivity index (χ1n) is 9.66. The van der Waals surface area contributed by atoms with Crippen LogP contribution in [-0.4, -0.2) is 29.8 Å². The molecule has 4 heterocycles. The average molecular weight is 388 g/mol. The summed E-state index contributed by atoms with van der Waals surface area (Å²) in [4.78, 5) is 18.7. The third-order valence-corrected chi connectivity index (χ3v) is 5.82. The van der Waals surface area contributed by atoms with E-state index in [2.05, 4.69) is 16.0 Å². The summed E-state index contributed by atoms with van der Waals surface area (Å²) in [6.07, 6.45) is 1.04. The van der Waals surface area contributed by atoms with E-state index in [1.807, 2.05) is 41.0 Å². The highest BCUT2D eigenvalue weighted by Crippen LogP contribution is 2.39. The van der Waals surface area contributed by atoms with Gasteiger partial charge in [0.15, 0.2) is 0 Å². The van der Waals surface area contributed by atoms with E-state index in [0.717, 1.165) is 30.0 Å². The van der Waals surface area contributed by atoms with Gasteiger partial charge in [-0.05, 0) is 42.7 Å². The zero-order chi connectivity index (χ0) is 20.0. The first-order chi connectivity index (χ1) is 14.2. The van der Waals surface area contributed by atoms with Gasteiger partial charge in [0.05, 0.1) is 7.11 Å². The first kappa shape index (κ1) is 17.6. The third kappa shape index (κ3) is 2.97. The molecule has 0 radical (unpaired) electrons. The summed E-state index contributed by atoms with van der Waals surface area (Å²) in [5.41, 5.74) is 2.21. The van der Waals surface area contributed by atoms with Gasteiger partial charge >= 0.3 is 0 Å². The standard InChI is InChI=1S/C22H20N4O3/c1-28-17-7-5-15(6-8-17)21-24-18(10-23)22(29-21)25-11-14-9-16(13-25)19-3-2-4-20(27)26(19)12-14/h2-8,14,16H,9,11-13H2,1H3. The Morgan fingerprint density at radius 1 is 1.17 bits per heavy atom. The molecule has 0 spiro atoms. The number of ether oxygens (including phenoxy) is 1. The monoisotopic (exact) mass is 388 g/mol. The Kier molecular flexibility index (Phi) is 4.13. The fourth-order valence-corrected chi connectivity index (χ4v) is 4.52. The van der Waals surface area contributed by atoms with Crippen molar-refractivity contribution in [3.63, 3.8) is 0 Å². The van der Waals surface area contributed by atoms with Crippen LogP contribution < -0.4 is 15.2 Å². The quantitative estimate of drug-likeness (QED) is 0.686. The van der Waals surface area contributed by atoms with Gasteiger partial charge in [-0.15, -0.1) is 0 Å². The highest BCUT2D eigenvalue weighted by molar-refractivity contribution is 5.60. The molecule has 2 bridgehead atoms. The topological polar surface area (TPSA) is 84.3 Å². The molecule has 2 aliphatic heterocycles. The molecule has 7 heteroatoms. The smallest absolute Gasteiger partial charge is 0.250 e. The highest BCUT2D eigenvalue weighted by Gasteiger charge is 2.36. The maximum absolute atomic E-state index is 12.2. The van der Waals surface area contributed by atoms with E-state index in [9.17, 15) is 10.1 Å². The van der Waals surface area contributed by atoms with Crippen molar-refractivity contribution in [3.05, 3.63) is 64.2 Å². The van der Waals surface area contributed by atoms with E-state index in [1.54, 1.807) is 13.2 Å². The Morgan fingerprint density at radius 2 is 2.00 bits per heavy atom. The second-order valence-corrected chi connectivity index (χ2v) is 7.62. The van der Waals surface area contributed by atoms with Gasteiger partial charge in [0.2, 0.25) is 17.5 Å². The molecule has 0 aliphatic carbocycles. The second-order valence-electron chi connectivity index (χ2n) is 7.62. The maximum atomic E-state index is 12.2. The predicted octanol–water partition coefficient (Wildman–Crippen LogP) is 3.01. The van der Waals surface area contributed by atoms with Crippen LogP contribution in [0.15, 0.2) is 51.7 Å². The van der Waals surface area contributed by atoms with Crippen LogP contribution in [0.3, 0.4) is 0 Å². The van der Waals surface area contributed by atoms with Gasteiger partial charge in [-0.1, -0.05) is 6.07 Å². The molecule has 0 saturated carbocycles. The lowest BCUT2D eigenvalue weighted by atomic mass is 9.83. The van der Waals surface area contributed by atoms with Gasteiger partial charge in [0.1, 0.15) is 11.8 Å². The van der Waals surface area contributed by atoms with Gasteiger partial charge in [0, 0.05) is 42.9 Å². The molecule has 2 unspecified atom stereocenters. The van der Waals surface area contributed by atoms with E-state index in [1.165, 1.54) is 0 Å². The minimum absolute atomic E-state index is 0.0600. The van der Waals surface area contributed by atoms with E-state index >= 15 is 0 Å². The van der Waals surface area contributed by atoms with E-state index in [4.69, 9.17) is 9.15 Å². The number of hydrogen-bond donors (Lipinski definition) is 0. The Labute approximate surface area is 167 Å². The normalized spacial score (nSPS) is 20.1. The number of fused-ring (bicyclic) bond motifs is 4. The van der Waals surface area contributed by atoms with Crippen molar-refractivity contribution in [2.24, 2.45) is 5.92 Å². The number of oxazole rings is 1. The Hall–Kier alpha value is -3.53. The summed E-state index contributed by atoms with van der Waals surface area (Å²) in [6, 6.07) is 15.0. The molecule has 2 atom stereocenters. The number of rotatable bonds is 3.